The van der Waals surface area contributed by atoms with E-state index in [0.29, 0.717) is 11.8 Å². The van der Waals surface area contributed by atoms with Gasteiger partial charge in [-0.05, 0) is 30.3 Å². The van der Waals surface area contributed by atoms with Gasteiger partial charge in [0.05, 0.1) is 5.69 Å². The van der Waals surface area contributed by atoms with Crippen molar-refractivity contribution in [3.8, 4) is 5.75 Å². The van der Waals surface area contributed by atoms with Gasteiger partial charge in [0, 0.05) is 4.47 Å². The maximum Gasteiger partial charge on any atom is 0.344 e. The first-order valence-corrected chi connectivity index (χ1v) is 7.63. The van der Waals surface area contributed by atoms with Crippen molar-refractivity contribution in [2.24, 2.45) is 0 Å². The number of carbonyl (C=O) groups is 2. The summed E-state index contributed by atoms with van der Waals surface area (Å²) < 4.78 is 49.8. The Morgan fingerprint density at radius 2 is 1.80 bits per heavy atom. The fraction of sp³-hybridized carbons (Fsp3) is 0.125. The number of hydrogen-bond donors (Lipinski definition) is 1. The smallest absolute Gasteiger partial charge is 0.344 e. The molecule has 0 aliphatic heterocycles. The number of amides is 1. The van der Waals surface area contributed by atoms with E-state index in [1.54, 1.807) is 24.3 Å². The molecule has 0 radical (unpaired) electrons. The molecule has 132 valence electrons. The molecule has 0 spiro atoms. The molecule has 2 aromatic carbocycles. The molecule has 1 N–H and O–H groups in total. The molecule has 2 aromatic rings. The van der Waals surface area contributed by atoms with Crippen LogP contribution in [0.25, 0.3) is 0 Å². The average Bonchev–Trinajstić information content (AvgIpc) is 2.59. The molecule has 0 atom stereocenters. The molecule has 0 bridgehead atoms. The van der Waals surface area contributed by atoms with E-state index in [-0.39, 0.29) is 0 Å². The molecule has 0 heterocycles. The number of nitrogens with one attached hydrogen (secondary N) is 1. The van der Waals surface area contributed by atoms with Gasteiger partial charge in [-0.3, -0.25) is 4.79 Å². The molecule has 0 saturated carbocycles. The lowest BCUT2D eigenvalue weighted by atomic mass is 10.3. The highest BCUT2D eigenvalue weighted by Crippen LogP contribution is 2.19. The van der Waals surface area contributed by atoms with Gasteiger partial charge in [-0.25, -0.2) is 18.0 Å². The Balaban J connectivity index is 1.80. The van der Waals surface area contributed by atoms with Gasteiger partial charge in [-0.1, -0.05) is 22.0 Å². The summed E-state index contributed by atoms with van der Waals surface area (Å²) in [5.41, 5.74) is -0.565. The van der Waals surface area contributed by atoms with E-state index in [4.69, 9.17) is 4.74 Å². The number of ether oxygens (including phenoxy) is 2. The van der Waals surface area contributed by atoms with Crippen LogP contribution < -0.4 is 10.1 Å². The van der Waals surface area contributed by atoms with Gasteiger partial charge in [0.2, 0.25) is 0 Å². The SMILES string of the molecule is O=C(COC(=O)COc1cccc(Br)c1)Nc1ccc(F)c(F)c1F. The quantitative estimate of drug-likeness (QED) is 0.577. The Morgan fingerprint density at radius 1 is 1.04 bits per heavy atom. The lowest BCUT2D eigenvalue weighted by Gasteiger charge is -2.09. The molecule has 0 saturated heterocycles. The second-order valence-corrected chi connectivity index (χ2v) is 5.59. The van der Waals surface area contributed by atoms with Gasteiger partial charge >= 0.3 is 5.97 Å². The third kappa shape index (κ3) is 5.49. The Hall–Kier alpha value is -2.55. The average molecular weight is 418 g/mol. The Morgan fingerprint density at radius 3 is 2.52 bits per heavy atom. The van der Waals surface area contributed by atoms with Crippen LogP contribution in [0.1, 0.15) is 0 Å². The predicted octanol–water partition coefficient (Wildman–Crippen LogP) is 3.43. The van der Waals surface area contributed by atoms with Crippen molar-refractivity contribution in [1.82, 2.24) is 0 Å². The topological polar surface area (TPSA) is 64.6 Å². The van der Waals surface area contributed by atoms with E-state index in [2.05, 4.69) is 20.7 Å². The second kappa shape index (κ2) is 8.52. The summed E-state index contributed by atoms with van der Waals surface area (Å²) in [4.78, 5) is 23.1. The first kappa shape index (κ1) is 18.8. The number of anilines is 1. The first-order chi connectivity index (χ1) is 11.9. The molecule has 0 aliphatic carbocycles. The Bertz CT molecular complexity index is 801. The number of halogens is 4. The number of hydrogen-bond acceptors (Lipinski definition) is 4. The first-order valence-electron chi connectivity index (χ1n) is 6.84. The fourth-order valence-electron chi connectivity index (χ4n) is 1.70. The molecule has 0 fully saturated rings. The minimum absolute atomic E-state index is 0.416. The zero-order valence-corrected chi connectivity index (χ0v) is 14.1. The van der Waals surface area contributed by atoms with Gasteiger partial charge < -0.3 is 14.8 Å². The molecule has 25 heavy (non-hydrogen) atoms. The standard InChI is InChI=1S/C16H11BrF3NO4/c17-9-2-1-3-10(6-9)24-8-14(23)25-7-13(22)21-12-5-4-11(18)15(19)16(12)20/h1-6H,7-8H2,(H,21,22). The highest BCUT2D eigenvalue weighted by atomic mass is 79.9. The molecule has 0 unspecified atom stereocenters. The number of carbonyl (C=O) groups excluding carboxylic acids is 2. The summed E-state index contributed by atoms with van der Waals surface area (Å²) in [7, 11) is 0. The molecule has 2 rings (SSSR count). The van der Waals surface area contributed by atoms with Crippen LogP contribution in [0.5, 0.6) is 5.75 Å². The van der Waals surface area contributed by atoms with Gasteiger partial charge in [-0.2, -0.15) is 0 Å². The highest BCUT2D eigenvalue weighted by Gasteiger charge is 2.16. The number of esters is 1. The minimum atomic E-state index is -1.71. The molecule has 9 heteroatoms. The molecule has 0 aliphatic rings. The molecule has 0 aromatic heterocycles. The maximum absolute atomic E-state index is 13.4. The largest absolute Gasteiger partial charge is 0.482 e. The van der Waals surface area contributed by atoms with Crippen LogP contribution in [0, 0.1) is 17.5 Å². The number of rotatable bonds is 6. The van der Waals surface area contributed by atoms with Crippen molar-refractivity contribution >= 4 is 33.5 Å². The summed E-state index contributed by atoms with van der Waals surface area (Å²) >= 11 is 3.24. The van der Waals surface area contributed by atoms with Crippen LogP contribution in [0.4, 0.5) is 18.9 Å². The lowest BCUT2D eigenvalue weighted by molar-refractivity contribution is -0.149. The van der Waals surface area contributed by atoms with Gasteiger partial charge in [0.15, 0.2) is 30.7 Å². The van der Waals surface area contributed by atoms with E-state index in [1.807, 2.05) is 5.32 Å². The van der Waals surface area contributed by atoms with Crippen LogP contribution in [-0.2, 0) is 14.3 Å². The number of benzene rings is 2. The summed E-state index contributed by atoms with van der Waals surface area (Å²) in [6.07, 6.45) is 0. The van der Waals surface area contributed by atoms with Crippen molar-refractivity contribution in [3.63, 3.8) is 0 Å². The Kier molecular flexibility index (Phi) is 6.40. The second-order valence-electron chi connectivity index (χ2n) is 4.68. The third-order valence-electron chi connectivity index (χ3n) is 2.83. The van der Waals surface area contributed by atoms with Crippen molar-refractivity contribution in [2.75, 3.05) is 18.5 Å². The van der Waals surface area contributed by atoms with E-state index in [1.165, 1.54) is 0 Å². The van der Waals surface area contributed by atoms with Crippen LogP contribution in [-0.4, -0.2) is 25.1 Å². The van der Waals surface area contributed by atoms with E-state index in [9.17, 15) is 22.8 Å². The molecular formula is C16H11BrF3NO4. The Labute approximate surface area is 148 Å². The summed E-state index contributed by atoms with van der Waals surface area (Å²) in [6.45, 7) is -1.18. The zero-order valence-electron chi connectivity index (χ0n) is 12.5. The van der Waals surface area contributed by atoms with E-state index < -0.39 is 48.2 Å². The fourth-order valence-corrected chi connectivity index (χ4v) is 2.07. The summed E-state index contributed by atoms with van der Waals surface area (Å²) in [5, 5.41) is 1.97. The van der Waals surface area contributed by atoms with Gasteiger partial charge in [-0.15, -0.1) is 0 Å². The van der Waals surface area contributed by atoms with Gasteiger partial charge in [0.1, 0.15) is 5.75 Å². The van der Waals surface area contributed by atoms with Crippen LogP contribution in [0.2, 0.25) is 0 Å². The van der Waals surface area contributed by atoms with Crippen molar-refractivity contribution in [3.05, 3.63) is 58.3 Å². The third-order valence-corrected chi connectivity index (χ3v) is 3.32. The van der Waals surface area contributed by atoms with Crippen molar-refractivity contribution in [1.29, 1.82) is 0 Å². The van der Waals surface area contributed by atoms with E-state index in [0.717, 1.165) is 10.5 Å². The summed E-state index contributed by atoms with van der Waals surface area (Å²) in [6, 6.07) is 8.24. The summed E-state index contributed by atoms with van der Waals surface area (Å²) in [5.74, 6) is -5.97. The van der Waals surface area contributed by atoms with Crippen molar-refractivity contribution < 1.29 is 32.2 Å². The minimum Gasteiger partial charge on any atom is -0.482 e. The van der Waals surface area contributed by atoms with Crippen LogP contribution >= 0.6 is 15.9 Å². The zero-order chi connectivity index (χ0) is 18.4. The van der Waals surface area contributed by atoms with Crippen molar-refractivity contribution in [2.45, 2.75) is 0 Å². The monoisotopic (exact) mass is 417 g/mol. The van der Waals surface area contributed by atoms with Gasteiger partial charge in [0.25, 0.3) is 5.91 Å². The maximum atomic E-state index is 13.4. The molecule has 5 nitrogen and oxygen atoms in total. The molecule has 1 amide bonds. The normalized spacial score (nSPS) is 10.2. The van der Waals surface area contributed by atoms with E-state index >= 15 is 0 Å². The highest BCUT2D eigenvalue weighted by molar-refractivity contribution is 9.10. The lowest BCUT2D eigenvalue weighted by Crippen LogP contribution is -2.24. The predicted molar refractivity (Wildman–Crippen MR) is 85.5 cm³/mol. The van der Waals surface area contributed by atoms with Crippen LogP contribution in [0.15, 0.2) is 40.9 Å². The molecular weight excluding hydrogens is 407 g/mol. The van der Waals surface area contributed by atoms with Crippen LogP contribution in [0.3, 0.4) is 0 Å².